The van der Waals surface area contributed by atoms with Gasteiger partial charge in [-0.3, -0.25) is 20.4 Å². The van der Waals surface area contributed by atoms with Gasteiger partial charge < -0.3 is 9.47 Å². The molecule has 0 fully saturated rings. The normalized spacial score (nSPS) is 12.9. The highest BCUT2D eigenvalue weighted by molar-refractivity contribution is 5.95. The van der Waals surface area contributed by atoms with E-state index in [0.717, 1.165) is 36.9 Å². The topological polar surface area (TPSA) is 94.5 Å². The number of benzene rings is 2. The number of aromatic nitrogens is 2. The smallest absolute Gasteiger partial charge is 0.290 e. The Kier molecular flexibility index (Phi) is 7.41. The van der Waals surface area contributed by atoms with Crippen LogP contribution in [0.2, 0.25) is 0 Å². The first-order chi connectivity index (χ1) is 16.6. The minimum Gasteiger partial charge on any atom is -0.490 e. The fourth-order valence-corrected chi connectivity index (χ4v) is 3.96. The lowest BCUT2D eigenvalue weighted by molar-refractivity contribution is -0.123. The zero-order chi connectivity index (χ0) is 23.9. The lowest BCUT2D eigenvalue weighted by atomic mass is 10.1. The maximum absolute atomic E-state index is 13.4. The number of hydrogen-bond acceptors (Lipinski definition) is 5. The summed E-state index contributed by atoms with van der Waals surface area (Å²) < 4.78 is 26.1. The molecule has 4 rings (SSSR count). The SMILES string of the molecule is CCOc1ccccc1OCC(=O)NNC(=O)c1nn(-c2ccc(F)cc2)c2c1CCCCC2. The predicted octanol–water partition coefficient (Wildman–Crippen LogP) is 3.52. The largest absolute Gasteiger partial charge is 0.490 e. The molecule has 0 spiro atoms. The van der Waals surface area contributed by atoms with E-state index in [1.807, 2.05) is 13.0 Å². The van der Waals surface area contributed by atoms with E-state index in [2.05, 4.69) is 16.0 Å². The van der Waals surface area contributed by atoms with Crippen molar-refractivity contribution in [3.63, 3.8) is 0 Å². The van der Waals surface area contributed by atoms with E-state index in [0.29, 0.717) is 30.2 Å². The Morgan fingerprint density at radius 2 is 1.68 bits per heavy atom. The Morgan fingerprint density at radius 3 is 2.41 bits per heavy atom. The molecule has 9 heteroatoms. The molecule has 0 aliphatic heterocycles. The number of ether oxygens (including phenoxy) is 2. The Hall–Kier alpha value is -3.88. The van der Waals surface area contributed by atoms with Crippen LogP contribution >= 0.6 is 0 Å². The van der Waals surface area contributed by atoms with Gasteiger partial charge in [0.15, 0.2) is 23.8 Å². The van der Waals surface area contributed by atoms with Crippen molar-refractivity contribution in [3.05, 3.63) is 71.3 Å². The average molecular weight is 467 g/mol. The summed E-state index contributed by atoms with van der Waals surface area (Å²) in [4.78, 5) is 25.2. The molecule has 1 aliphatic rings. The van der Waals surface area contributed by atoms with Gasteiger partial charge in [0, 0.05) is 11.3 Å². The van der Waals surface area contributed by atoms with Crippen molar-refractivity contribution in [2.24, 2.45) is 0 Å². The first kappa shape index (κ1) is 23.3. The number of nitrogens with one attached hydrogen (secondary N) is 2. The third-order valence-electron chi connectivity index (χ3n) is 5.54. The van der Waals surface area contributed by atoms with Crippen LogP contribution in [-0.4, -0.2) is 34.8 Å². The maximum atomic E-state index is 13.4. The Labute approximate surface area is 197 Å². The summed E-state index contributed by atoms with van der Waals surface area (Å²) in [5.41, 5.74) is 7.55. The lowest BCUT2D eigenvalue weighted by Gasteiger charge is -2.12. The van der Waals surface area contributed by atoms with Crippen LogP contribution in [-0.2, 0) is 17.6 Å². The molecule has 2 amide bonds. The van der Waals surface area contributed by atoms with E-state index < -0.39 is 11.8 Å². The summed E-state index contributed by atoms with van der Waals surface area (Å²) >= 11 is 0. The van der Waals surface area contributed by atoms with Crippen LogP contribution in [0, 0.1) is 5.82 Å². The minimum absolute atomic E-state index is 0.254. The molecular formula is C25H27FN4O4. The highest BCUT2D eigenvalue weighted by atomic mass is 19.1. The quantitative estimate of drug-likeness (QED) is 0.411. The monoisotopic (exact) mass is 466 g/mol. The second-order valence-corrected chi connectivity index (χ2v) is 7.89. The van der Waals surface area contributed by atoms with Crippen LogP contribution in [0.25, 0.3) is 5.69 Å². The number of para-hydroxylation sites is 2. The third-order valence-corrected chi connectivity index (χ3v) is 5.54. The van der Waals surface area contributed by atoms with Gasteiger partial charge in [0.1, 0.15) is 5.82 Å². The number of hydrazine groups is 1. The summed E-state index contributed by atoms with van der Waals surface area (Å²) in [6, 6.07) is 13.0. The molecular weight excluding hydrogens is 439 g/mol. The van der Waals surface area contributed by atoms with Crippen LogP contribution in [0.4, 0.5) is 4.39 Å². The Balaban J connectivity index is 1.44. The number of rotatable bonds is 7. The number of hydrogen-bond donors (Lipinski definition) is 2. The molecule has 0 saturated carbocycles. The van der Waals surface area contributed by atoms with Gasteiger partial charge >= 0.3 is 0 Å². The number of carbonyl (C=O) groups is 2. The molecule has 1 aromatic heterocycles. The summed E-state index contributed by atoms with van der Waals surface area (Å²) in [6.07, 6.45) is 4.47. The van der Waals surface area contributed by atoms with Gasteiger partial charge in [0.05, 0.1) is 12.3 Å². The minimum atomic E-state index is -0.524. The van der Waals surface area contributed by atoms with Gasteiger partial charge in [-0.1, -0.05) is 18.6 Å². The van der Waals surface area contributed by atoms with Crippen molar-refractivity contribution < 1.29 is 23.5 Å². The molecule has 0 atom stereocenters. The molecule has 0 unspecified atom stereocenters. The molecule has 0 saturated heterocycles. The highest BCUT2D eigenvalue weighted by Gasteiger charge is 2.25. The number of nitrogens with zero attached hydrogens (tertiary/aromatic N) is 2. The molecule has 3 aromatic rings. The predicted molar refractivity (Wildman–Crippen MR) is 123 cm³/mol. The van der Waals surface area contributed by atoms with Crippen molar-refractivity contribution in [1.82, 2.24) is 20.6 Å². The molecule has 2 N–H and O–H groups in total. The first-order valence-electron chi connectivity index (χ1n) is 11.4. The highest BCUT2D eigenvalue weighted by Crippen LogP contribution is 2.27. The van der Waals surface area contributed by atoms with Gasteiger partial charge in [-0.15, -0.1) is 0 Å². The van der Waals surface area contributed by atoms with Crippen molar-refractivity contribution in [1.29, 1.82) is 0 Å². The van der Waals surface area contributed by atoms with Crippen LogP contribution < -0.4 is 20.3 Å². The molecule has 0 bridgehead atoms. The summed E-state index contributed by atoms with van der Waals surface area (Å²) in [6.45, 7) is 2.03. The van der Waals surface area contributed by atoms with E-state index in [1.54, 1.807) is 35.0 Å². The van der Waals surface area contributed by atoms with E-state index in [-0.39, 0.29) is 18.1 Å². The Morgan fingerprint density at radius 1 is 0.971 bits per heavy atom. The number of fused-ring (bicyclic) bond motifs is 1. The number of halogens is 1. The zero-order valence-electron chi connectivity index (χ0n) is 19.0. The van der Waals surface area contributed by atoms with Gasteiger partial charge in [0.2, 0.25) is 0 Å². The van der Waals surface area contributed by atoms with E-state index >= 15 is 0 Å². The first-order valence-corrected chi connectivity index (χ1v) is 11.4. The second kappa shape index (κ2) is 10.8. The number of amides is 2. The van der Waals surface area contributed by atoms with Gasteiger partial charge in [-0.05, 0) is 69.0 Å². The maximum Gasteiger partial charge on any atom is 0.290 e. The molecule has 0 radical (unpaired) electrons. The van der Waals surface area contributed by atoms with Crippen LogP contribution in [0.3, 0.4) is 0 Å². The van der Waals surface area contributed by atoms with E-state index in [1.165, 1.54) is 12.1 Å². The van der Waals surface area contributed by atoms with Crippen molar-refractivity contribution in [2.75, 3.05) is 13.2 Å². The van der Waals surface area contributed by atoms with Crippen molar-refractivity contribution in [2.45, 2.75) is 39.0 Å². The van der Waals surface area contributed by atoms with Gasteiger partial charge in [0.25, 0.3) is 11.8 Å². The van der Waals surface area contributed by atoms with E-state index in [9.17, 15) is 14.0 Å². The fraction of sp³-hybridized carbons (Fsp3) is 0.320. The van der Waals surface area contributed by atoms with Crippen LogP contribution in [0.1, 0.15) is 47.9 Å². The molecule has 8 nitrogen and oxygen atoms in total. The lowest BCUT2D eigenvalue weighted by Crippen LogP contribution is -2.44. The summed E-state index contributed by atoms with van der Waals surface area (Å²) in [5.74, 6) is -0.399. The van der Waals surface area contributed by atoms with Gasteiger partial charge in [-0.25, -0.2) is 9.07 Å². The molecule has 2 aromatic carbocycles. The molecule has 1 aliphatic carbocycles. The fourth-order valence-electron chi connectivity index (χ4n) is 3.96. The summed E-state index contributed by atoms with van der Waals surface area (Å²) in [5, 5.41) is 4.52. The summed E-state index contributed by atoms with van der Waals surface area (Å²) in [7, 11) is 0. The van der Waals surface area contributed by atoms with Crippen LogP contribution in [0.15, 0.2) is 48.5 Å². The van der Waals surface area contributed by atoms with E-state index in [4.69, 9.17) is 9.47 Å². The average Bonchev–Trinajstić information content (AvgIpc) is 3.03. The van der Waals surface area contributed by atoms with Crippen molar-refractivity contribution >= 4 is 11.8 Å². The third kappa shape index (κ3) is 5.36. The van der Waals surface area contributed by atoms with Crippen LogP contribution in [0.5, 0.6) is 11.5 Å². The second-order valence-electron chi connectivity index (χ2n) is 7.89. The number of carbonyl (C=O) groups excluding carboxylic acids is 2. The standard InChI is InChI=1S/C25H27FN4O4/c1-2-33-21-10-6-7-11-22(21)34-16-23(31)27-28-25(32)24-19-8-4-3-5-9-20(19)30(29-24)18-14-12-17(26)13-15-18/h6-7,10-15H,2-5,8-9,16H2,1H3,(H,27,31)(H,28,32). The zero-order valence-corrected chi connectivity index (χ0v) is 19.0. The molecule has 178 valence electrons. The molecule has 1 heterocycles. The Bertz CT molecular complexity index is 1160. The molecule has 34 heavy (non-hydrogen) atoms. The van der Waals surface area contributed by atoms with Crippen molar-refractivity contribution in [3.8, 4) is 17.2 Å². The van der Waals surface area contributed by atoms with Gasteiger partial charge in [-0.2, -0.15) is 5.10 Å².